The van der Waals surface area contributed by atoms with Crippen LogP contribution in [0.5, 0.6) is 0 Å². The Labute approximate surface area is 174 Å². The fraction of sp³-hybridized carbons (Fsp3) is 0.381. The highest BCUT2D eigenvalue weighted by Crippen LogP contribution is 2.29. The first-order valence-corrected chi connectivity index (χ1v) is 10.9. The van der Waals surface area contributed by atoms with Crippen LogP contribution in [0.25, 0.3) is 0 Å². The van der Waals surface area contributed by atoms with Crippen LogP contribution in [0.2, 0.25) is 12.6 Å². The van der Waals surface area contributed by atoms with Crippen LogP contribution in [0.4, 0.5) is 5.69 Å². The maximum Gasteiger partial charge on any atom is 0.339 e. The van der Waals surface area contributed by atoms with Gasteiger partial charge in [0.15, 0.2) is 0 Å². The van der Waals surface area contributed by atoms with Crippen LogP contribution >= 0.6 is 0 Å². The van der Waals surface area contributed by atoms with Gasteiger partial charge in [-0.3, -0.25) is 9.29 Å². The highest BCUT2D eigenvalue weighted by atomic mass is 32.2. The summed E-state index contributed by atoms with van der Waals surface area (Å²) in [5.41, 5.74) is 3.07. The van der Waals surface area contributed by atoms with Crippen molar-refractivity contribution in [1.82, 2.24) is 4.98 Å². The smallest absolute Gasteiger partial charge is 0.339 e. The number of aryl methyl sites for hydroxylation is 1. The van der Waals surface area contributed by atoms with Gasteiger partial charge in [-0.15, -0.1) is 0 Å². The largest absolute Gasteiger partial charge is 0.465 e. The molecular weight excluding hydrogens is 385 g/mol. The molecule has 0 spiro atoms. The summed E-state index contributed by atoms with van der Waals surface area (Å²) in [6.45, 7) is 2.45. The predicted molar refractivity (Wildman–Crippen MR) is 115 cm³/mol. The fourth-order valence-electron chi connectivity index (χ4n) is 3.52. The molecule has 150 valence electrons. The van der Waals surface area contributed by atoms with Crippen LogP contribution in [0.1, 0.15) is 34.5 Å². The van der Waals surface area contributed by atoms with Gasteiger partial charge in [0.1, 0.15) is 11.0 Å². The minimum Gasteiger partial charge on any atom is -0.465 e. The molecule has 1 saturated heterocycles. The number of ether oxygens (including phenoxy) is 1. The minimum absolute atomic E-state index is 0.0226. The highest BCUT2D eigenvalue weighted by molar-refractivity contribution is 7.87. The monoisotopic (exact) mass is 409 g/mol. The lowest BCUT2D eigenvalue weighted by Crippen LogP contribution is -2.36. The Kier molecular flexibility index (Phi) is 7.05. The maximum absolute atomic E-state index is 13.5. The number of nitriles is 1. The molecule has 29 heavy (non-hydrogen) atoms. The number of pyridine rings is 1. The Bertz CT molecular complexity index is 922. The number of nitrogens with zero attached hydrogens (tertiary/aromatic N) is 3. The first-order valence-electron chi connectivity index (χ1n) is 9.69. The van der Waals surface area contributed by atoms with E-state index < -0.39 is 17.0 Å². The van der Waals surface area contributed by atoms with E-state index in [0.717, 1.165) is 42.4 Å². The van der Waals surface area contributed by atoms with Crippen molar-refractivity contribution in [2.45, 2.75) is 44.2 Å². The summed E-state index contributed by atoms with van der Waals surface area (Å²) in [5, 5.41) is 9.15. The SMILES string of the molecule is COC(=O)c1ccc(CN(c2cccc(C)c2)S(=O)C2CCB(C#N)CC2)nc1. The second kappa shape index (κ2) is 9.70. The van der Waals surface area contributed by atoms with Crippen LogP contribution in [-0.4, -0.2) is 34.2 Å². The molecule has 0 bridgehead atoms. The molecule has 1 aliphatic heterocycles. The summed E-state index contributed by atoms with van der Waals surface area (Å²) in [5.74, 6) is 1.90. The lowest BCUT2D eigenvalue weighted by Gasteiger charge is -2.30. The lowest BCUT2D eigenvalue weighted by molar-refractivity contribution is 0.0600. The quantitative estimate of drug-likeness (QED) is 0.538. The Morgan fingerprint density at radius 2 is 2.10 bits per heavy atom. The zero-order valence-corrected chi connectivity index (χ0v) is 17.5. The van der Waals surface area contributed by atoms with Gasteiger partial charge < -0.3 is 4.74 Å². The number of carbonyl (C=O) groups is 1. The van der Waals surface area contributed by atoms with Crippen molar-refractivity contribution < 1.29 is 13.7 Å². The number of hydrogen-bond donors (Lipinski definition) is 0. The second-order valence-electron chi connectivity index (χ2n) is 7.28. The fourth-order valence-corrected chi connectivity index (χ4v) is 5.14. The van der Waals surface area contributed by atoms with Gasteiger partial charge in [-0.1, -0.05) is 24.8 Å². The number of benzene rings is 1. The van der Waals surface area contributed by atoms with Gasteiger partial charge in [-0.2, -0.15) is 0 Å². The molecule has 1 aromatic heterocycles. The highest BCUT2D eigenvalue weighted by Gasteiger charge is 2.31. The van der Waals surface area contributed by atoms with E-state index in [4.69, 9.17) is 10.00 Å². The van der Waals surface area contributed by atoms with Crippen LogP contribution in [0.15, 0.2) is 42.6 Å². The first kappa shape index (κ1) is 21.1. The van der Waals surface area contributed by atoms with Crippen molar-refractivity contribution in [3.63, 3.8) is 0 Å². The van der Waals surface area contributed by atoms with E-state index in [2.05, 4.69) is 11.0 Å². The molecule has 3 rings (SSSR count). The van der Waals surface area contributed by atoms with Gasteiger partial charge in [0.2, 0.25) is 0 Å². The molecule has 6 nitrogen and oxygen atoms in total. The number of carbonyl (C=O) groups excluding carboxylic acids is 1. The molecule has 0 radical (unpaired) electrons. The lowest BCUT2D eigenvalue weighted by atomic mass is 9.43. The first-order chi connectivity index (χ1) is 14.0. The second-order valence-corrected chi connectivity index (χ2v) is 8.94. The van der Waals surface area contributed by atoms with Crippen molar-refractivity contribution in [2.24, 2.45) is 0 Å². The third-order valence-corrected chi connectivity index (χ3v) is 7.02. The van der Waals surface area contributed by atoms with Crippen molar-refractivity contribution in [3.05, 3.63) is 59.4 Å². The van der Waals surface area contributed by atoms with E-state index in [-0.39, 0.29) is 12.0 Å². The topological polar surface area (TPSA) is 83.3 Å². The van der Waals surface area contributed by atoms with Crippen molar-refractivity contribution in [3.8, 4) is 5.97 Å². The number of rotatable bonds is 6. The molecular formula is C21H24BN3O3S. The van der Waals surface area contributed by atoms with Crippen molar-refractivity contribution in [2.75, 3.05) is 11.4 Å². The Morgan fingerprint density at radius 3 is 2.69 bits per heavy atom. The Hall–Kier alpha value is -2.66. The molecule has 2 heterocycles. The van der Waals surface area contributed by atoms with Crippen LogP contribution in [-0.2, 0) is 22.3 Å². The van der Waals surface area contributed by atoms with E-state index in [1.165, 1.54) is 13.3 Å². The Morgan fingerprint density at radius 1 is 1.34 bits per heavy atom. The van der Waals surface area contributed by atoms with Gasteiger partial charge in [-0.25, -0.2) is 14.3 Å². The number of hydrogen-bond acceptors (Lipinski definition) is 5. The molecule has 1 aromatic carbocycles. The average molecular weight is 409 g/mol. The maximum atomic E-state index is 13.5. The van der Waals surface area contributed by atoms with E-state index in [1.807, 2.05) is 35.5 Å². The van der Waals surface area contributed by atoms with Gasteiger partial charge in [0.05, 0.1) is 30.2 Å². The standard InChI is InChI=1S/C21H24BN3O3S/c1-16-4-3-5-19(12-16)25(29(27)20-8-10-22(15-23)11-9-20)14-18-7-6-17(13-24-18)21(26)28-2/h3-7,12-13,20H,8-11,14H2,1-2H3. The van der Waals surface area contributed by atoms with E-state index in [0.29, 0.717) is 12.1 Å². The molecule has 8 heteroatoms. The predicted octanol–water partition coefficient (Wildman–Crippen LogP) is 3.57. The zero-order chi connectivity index (χ0) is 20.8. The Balaban J connectivity index is 1.83. The van der Waals surface area contributed by atoms with Crippen LogP contribution in [0, 0.1) is 18.2 Å². The van der Waals surface area contributed by atoms with Gasteiger partial charge in [0.25, 0.3) is 6.71 Å². The third kappa shape index (κ3) is 5.24. The minimum atomic E-state index is -1.24. The number of methoxy groups -OCH3 is 1. The summed E-state index contributed by atoms with van der Waals surface area (Å²) in [6, 6.07) is 11.4. The molecule has 1 atom stereocenters. The average Bonchev–Trinajstić information content (AvgIpc) is 2.77. The van der Waals surface area contributed by atoms with E-state index in [9.17, 15) is 9.00 Å². The van der Waals surface area contributed by atoms with Gasteiger partial charge in [-0.05, 0) is 49.6 Å². The molecule has 2 aromatic rings. The van der Waals surface area contributed by atoms with E-state index in [1.54, 1.807) is 12.1 Å². The molecule has 0 saturated carbocycles. The molecule has 1 aliphatic rings. The molecule has 1 unspecified atom stereocenters. The molecule has 0 N–H and O–H groups in total. The number of esters is 1. The number of aromatic nitrogens is 1. The summed E-state index contributed by atoms with van der Waals surface area (Å²) >= 11 is 0. The summed E-state index contributed by atoms with van der Waals surface area (Å²) in [4.78, 5) is 16.0. The van der Waals surface area contributed by atoms with Crippen LogP contribution in [0.3, 0.4) is 0 Å². The molecule has 0 amide bonds. The van der Waals surface area contributed by atoms with Crippen molar-refractivity contribution >= 4 is 29.4 Å². The van der Waals surface area contributed by atoms with Crippen molar-refractivity contribution in [1.29, 1.82) is 5.26 Å². The normalized spacial score (nSPS) is 15.4. The molecule has 1 fully saturated rings. The van der Waals surface area contributed by atoms with Gasteiger partial charge in [0, 0.05) is 17.9 Å². The number of anilines is 1. The summed E-state index contributed by atoms with van der Waals surface area (Å²) in [7, 11) is 0.0889. The van der Waals surface area contributed by atoms with E-state index >= 15 is 0 Å². The summed E-state index contributed by atoms with van der Waals surface area (Å²) < 4.78 is 20.1. The third-order valence-electron chi connectivity index (χ3n) is 5.20. The summed E-state index contributed by atoms with van der Waals surface area (Å²) in [6.07, 6.45) is 4.63. The zero-order valence-electron chi connectivity index (χ0n) is 16.7. The van der Waals surface area contributed by atoms with Crippen LogP contribution < -0.4 is 4.31 Å². The molecule has 0 aliphatic carbocycles. The van der Waals surface area contributed by atoms with Gasteiger partial charge >= 0.3 is 5.97 Å².